The van der Waals surface area contributed by atoms with Crippen molar-refractivity contribution in [3.05, 3.63) is 104 Å². The largest absolute Gasteiger partial charge is 0.467 e. The van der Waals surface area contributed by atoms with Crippen molar-refractivity contribution in [3.63, 3.8) is 0 Å². The quantitative estimate of drug-likeness (QED) is 0.156. The third kappa shape index (κ3) is 7.11. The number of rotatable bonds is 10. The number of halogens is 5. The van der Waals surface area contributed by atoms with Gasteiger partial charge < -0.3 is 20.3 Å². The van der Waals surface area contributed by atoms with Crippen molar-refractivity contribution in [3.8, 4) is 5.69 Å². The molecule has 16 heteroatoms. The Morgan fingerprint density at radius 3 is 2.29 bits per heavy atom. The van der Waals surface area contributed by atoms with Gasteiger partial charge in [0.15, 0.2) is 0 Å². The SMILES string of the molecule is CC[C@@H](Nc1cc(F)c(C(=O)N[C@@H](Cc2ccc(-n3c(=O)c4cc(N(C)C)ccc4n(C)c3=O)c3ncccc23)C(=O)OC)c(F)c1)C(F)(F)F. The van der Waals surface area contributed by atoms with Crippen LogP contribution in [0.2, 0.25) is 0 Å². The molecule has 0 saturated heterocycles. The number of anilines is 2. The Labute approximate surface area is 287 Å². The molecule has 0 aliphatic carbocycles. The number of nitrogens with zero attached hydrogens (tertiary/aromatic N) is 4. The summed E-state index contributed by atoms with van der Waals surface area (Å²) in [7, 11) is 6.20. The lowest BCUT2D eigenvalue weighted by molar-refractivity contribution is -0.143. The monoisotopic (exact) mass is 712 g/mol. The van der Waals surface area contributed by atoms with Crippen LogP contribution in [0.25, 0.3) is 27.5 Å². The molecule has 0 spiro atoms. The number of aromatic nitrogens is 3. The third-order valence-electron chi connectivity index (χ3n) is 8.48. The van der Waals surface area contributed by atoms with E-state index >= 15 is 8.78 Å². The molecule has 0 fully saturated rings. The minimum absolute atomic E-state index is 0.143. The van der Waals surface area contributed by atoms with Crippen LogP contribution in [0.1, 0.15) is 29.3 Å². The summed E-state index contributed by atoms with van der Waals surface area (Å²) in [5.74, 6) is -5.27. The van der Waals surface area contributed by atoms with E-state index in [-0.39, 0.29) is 23.0 Å². The summed E-state index contributed by atoms with van der Waals surface area (Å²) in [5, 5.41) is 4.93. The normalized spacial score (nSPS) is 12.8. The second-order valence-electron chi connectivity index (χ2n) is 11.9. The zero-order valence-corrected chi connectivity index (χ0v) is 28.1. The number of pyridine rings is 1. The number of ether oxygens (including phenoxy) is 1. The number of methoxy groups -OCH3 is 1. The average Bonchev–Trinajstić information content (AvgIpc) is 3.08. The van der Waals surface area contributed by atoms with Crippen LogP contribution in [0, 0.1) is 11.6 Å². The van der Waals surface area contributed by atoms with Crippen LogP contribution < -0.4 is 26.8 Å². The van der Waals surface area contributed by atoms with Crippen LogP contribution in [-0.4, -0.2) is 65.5 Å². The summed E-state index contributed by atoms with van der Waals surface area (Å²) in [4.78, 5) is 59.6. The lowest BCUT2D eigenvalue weighted by Gasteiger charge is -2.22. The van der Waals surface area contributed by atoms with Crippen LogP contribution in [0.3, 0.4) is 0 Å². The van der Waals surface area contributed by atoms with E-state index in [4.69, 9.17) is 4.74 Å². The maximum Gasteiger partial charge on any atom is 0.408 e. The van der Waals surface area contributed by atoms with Crippen molar-refractivity contribution in [1.29, 1.82) is 0 Å². The average molecular weight is 713 g/mol. The number of carbonyl (C=O) groups excluding carboxylic acids is 2. The van der Waals surface area contributed by atoms with Crippen LogP contribution in [0.15, 0.2) is 70.4 Å². The predicted octanol–water partition coefficient (Wildman–Crippen LogP) is 4.85. The number of amides is 1. The summed E-state index contributed by atoms with van der Waals surface area (Å²) >= 11 is 0. The van der Waals surface area contributed by atoms with Crippen molar-refractivity contribution in [2.75, 3.05) is 31.4 Å². The number of hydrogen-bond acceptors (Lipinski definition) is 8. The van der Waals surface area contributed by atoms with E-state index in [9.17, 15) is 32.3 Å². The van der Waals surface area contributed by atoms with Gasteiger partial charge in [0.05, 0.1) is 29.2 Å². The molecule has 11 nitrogen and oxygen atoms in total. The minimum Gasteiger partial charge on any atom is -0.467 e. The van der Waals surface area contributed by atoms with E-state index in [0.29, 0.717) is 28.6 Å². The van der Waals surface area contributed by atoms with E-state index in [2.05, 4.69) is 10.3 Å². The van der Waals surface area contributed by atoms with Crippen LogP contribution >= 0.6 is 0 Å². The lowest BCUT2D eigenvalue weighted by Crippen LogP contribution is -2.43. The number of carbonyl (C=O) groups is 2. The molecular weight excluding hydrogens is 679 g/mol. The summed E-state index contributed by atoms with van der Waals surface area (Å²) < 4.78 is 76.8. The smallest absolute Gasteiger partial charge is 0.408 e. The standard InChI is InChI=1S/C35H33F5N6O5/c1-6-28(35(38,39)40)42-19-15-23(36)29(24(37)16-19)31(47)43-25(33(49)51-5)14-18-9-11-27(30-21(18)8-7-13-41-30)46-32(48)22-17-20(44(2)3)10-12-26(22)45(4)34(46)50/h7-13,15-17,25,28,42H,6,14H2,1-5H3,(H,43,47)/t25-,28+/m0/s1. The fourth-order valence-corrected chi connectivity index (χ4v) is 5.79. The molecule has 5 rings (SSSR count). The molecule has 0 bridgehead atoms. The molecule has 0 radical (unpaired) electrons. The maximum atomic E-state index is 15.0. The number of aryl methyl sites for hydroxylation is 1. The molecule has 0 saturated carbocycles. The van der Waals surface area contributed by atoms with E-state index in [1.165, 1.54) is 36.9 Å². The van der Waals surface area contributed by atoms with Crippen molar-refractivity contribution in [1.82, 2.24) is 19.4 Å². The van der Waals surface area contributed by atoms with Crippen LogP contribution in [0.5, 0.6) is 0 Å². The zero-order chi connectivity index (χ0) is 37.4. The summed E-state index contributed by atoms with van der Waals surface area (Å²) in [6, 6.07) is 8.80. The molecule has 2 heterocycles. The van der Waals surface area contributed by atoms with Gasteiger partial charge in [-0.05, 0) is 54.4 Å². The second kappa shape index (κ2) is 14.2. The molecule has 0 aliphatic rings. The van der Waals surface area contributed by atoms with Crippen molar-refractivity contribution >= 4 is 45.1 Å². The van der Waals surface area contributed by atoms with Crippen molar-refractivity contribution in [2.45, 2.75) is 38.0 Å². The van der Waals surface area contributed by atoms with Gasteiger partial charge in [0.1, 0.15) is 29.3 Å². The molecule has 2 N–H and O–H groups in total. The van der Waals surface area contributed by atoms with Crippen molar-refractivity contribution in [2.24, 2.45) is 7.05 Å². The lowest BCUT2D eigenvalue weighted by atomic mass is 9.99. The number of alkyl halides is 3. The predicted molar refractivity (Wildman–Crippen MR) is 182 cm³/mol. The topological polar surface area (TPSA) is 128 Å². The molecule has 0 aliphatic heterocycles. The van der Waals surface area contributed by atoms with E-state index in [0.717, 1.165) is 17.4 Å². The molecule has 5 aromatic rings. The molecule has 0 unspecified atom stereocenters. The molecule has 51 heavy (non-hydrogen) atoms. The fourth-order valence-electron chi connectivity index (χ4n) is 5.79. The molecule has 268 valence electrons. The highest BCUT2D eigenvalue weighted by Crippen LogP contribution is 2.29. The van der Waals surface area contributed by atoms with Crippen molar-refractivity contribution < 1.29 is 36.3 Å². The number of hydrogen-bond donors (Lipinski definition) is 2. The zero-order valence-electron chi connectivity index (χ0n) is 28.1. The Bertz CT molecular complexity index is 2260. The second-order valence-corrected chi connectivity index (χ2v) is 11.9. The minimum atomic E-state index is -4.69. The first kappa shape index (κ1) is 36.5. The van der Waals surface area contributed by atoms with Gasteiger partial charge in [-0.3, -0.25) is 19.1 Å². The number of benzene rings is 3. The third-order valence-corrected chi connectivity index (χ3v) is 8.48. The fraction of sp³-hybridized carbons (Fsp3) is 0.286. The highest BCUT2D eigenvalue weighted by molar-refractivity contribution is 5.98. The number of nitrogens with one attached hydrogen (secondary N) is 2. The van der Waals surface area contributed by atoms with Gasteiger partial charge in [0.2, 0.25) is 0 Å². The maximum absolute atomic E-state index is 15.0. The molecular formula is C35H33F5N6O5. The Hall–Kier alpha value is -5.80. The summed E-state index contributed by atoms with van der Waals surface area (Å²) in [5.41, 5.74) is -1.00. The first-order valence-electron chi connectivity index (χ1n) is 15.6. The van der Waals surface area contributed by atoms with E-state index < -0.39 is 70.7 Å². The Kier molecular flexibility index (Phi) is 10.2. The first-order chi connectivity index (χ1) is 24.1. The number of esters is 1. The number of fused-ring (bicyclic) bond motifs is 2. The first-order valence-corrected chi connectivity index (χ1v) is 15.6. The van der Waals surface area contributed by atoms with Gasteiger partial charge in [-0.15, -0.1) is 0 Å². The van der Waals surface area contributed by atoms with Gasteiger partial charge in [0, 0.05) is 50.5 Å². The van der Waals surface area contributed by atoms with Gasteiger partial charge in [-0.25, -0.2) is 22.9 Å². The van der Waals surface area contributed by atoms with Crippen LogP contribution in [0.4, 0.5) is 33.3 Å². The highest BCUT2D eigenvalue weighted by atomic mass is 19.4. The highest BCUT2D eigenvalue weighted by Gasteiger charge is 2.38. The van der Waals surface area contributed by atoms with E-state index in [1.807, 2.05) is 24.3 Å². The van der Waals surface area contributed by atoms with Gasteiger partial charge in [-0.1, -0.05) is 19.1 Å². The molecule has 3 aromatic carbocycles. The van der Waals surface area contributed by atoms with Gasteiger partial charge in [-0.2, -0.15) is 13.2 Å². The Morgan fingerprint density at radius 2 is 1.69 bits per heavy atom. The van der Waals surface area contributed by atoms with Gasteiger partial charge >= 0.3 is 17.8 Å². The summed E-state index contributed by atoms with van der Waals surface area (Å²) in [6.07, 6.45) is -3.96. The Morgan fingerprint density at radius 1 is 1.00 bits per heavy atom. The molecule has 2 aromatic heterocycles. The van der Waals surface area contributed by atoms with Crippen LogP contribution in [-0.2, 0) is 23.0 Å². The van der Waals surface area contributed by atoms with E-state index in [1.54, 1.807) is 30.3 Å². The van der Waals surface area contributed by atoms with Gasteiger partial charge in [0.25, 0.3) is 11.5 Å². The molecule has 2 atom stereocenters. The molecule has 1 amide bonds. The Balaban J connectivity index is 1.52. The summed E-state index contributed by atoms with van der Waals surface area (Å²) in [6.45, 7) is 1.24.